The van der Waals surface area contributed by atoms with Gasteiger partial charge in [-0.1, -0.05) is 156 Å². The molecule has 0 aliphatic carbocycles. The second-order valence-electron chi connectivity index (χ2n) is 16.2. The summed E-state index contributed by atoms with van der Waals surface area (Å²) in [5.41, 5.74) is 0. The monoisotopic (exact) mass is 738 g/mol. The Kier molecular flexibility index (Phi) is 38.7. The van der Waals surface area contributed by atoms with E-state index in [1.54, 1.807) is 0 Å². The number of carbonyl (C=O) groups excluding carboxylic acids is 2. The number of unbranched alkanes of at least 4 members (excludes halogenated alkanes) is 22. The molecule has 0 aromatic rings. The summed E-state index contributed by atoms with van der Waals surface area (Å²) in [6, 6.07) is 0.454. The summed E-state index contributed by atoms with van der Waals surface area (Å²) < 4.78 is 11.7. The molecule has 52 heavy (non-hydrogen) atoms. The lowest BCUT2D eigenvalue weighted by atomic mass is 10.0. The number of esters is 2. The van der Waals surface area contributed by atoms with E-state index in [1.807, 2.05) is 6.92 Å². The summed E-state index contributed by atoms with van der Waals surface area (Å²) in [6.45, 7) is 13.0. The van der Waals surface area contributed by atoms with E-state index in [-0.39, 0.29) is 30.8 Å². The lowest BCUT2D eigenvalue weighted by molar-refractivity contribution is -0.150. The molecule has 0 aromatic carbocycles. The zero-order valence-electron chi connectivity index (χ0n) is 35.7. The van der Waals surface area contributed by atoms with Crippen LogP contribution in [-0.4, -0.2) is 59.9 Å². The number of ether oxygens (including phenoxy) is 2. The lowest BCUT2D eigenvalue weighted by Gasteiger charge is -2.28. The first-order valence-corrected chi connectivity index (χ1v) is 23.1. The number of hydrogen-bond donors (Lipinski definition) is 1. The summed E-state index contributed by atoms with van der Waals surface area (Å²) in [5, 5.41) is 9.67. The van der Waals surface area contributed by atoms with Crippen molar-refractivity contribution in [3.05, 3.63) is 0 Å². The van der Waals surface area contributed by atoms with Gasteiger partial charge in [0, 0.05) is 25.4 Å². The fraction of sp³-hybridized carbons (Fsp3) is 0.957. The minimum Gasteiger partial charge on any atom is -0.463 e. The second-order valence-corrected chi connectivity index (χ2v) is 16.2. The predicted octanol–water partition coefficient (Wildman–Crippen LogP) is 13.4. The molecule has 0 amide bonds. The van der Waals surface area contributed by atoms with Crippen molar-refractivity contribution in [3.63, 3.8) is 0 Å². The Balaban J connectivity index is 4.12. The van der Waals surface area contributed by atoms with Gasteiger partial charge in [0.2, 0.25) is 0 Å². The van der Waals surface area contributed by atoms with Crippen molar-refractivity contribution in [1.82, 2.24) is 4.90 Å². The standard InChI is InChI=1S/C46H91NO5/c1-6-9-12-15-19-27-34-43(5)51-45(49)37-30-22-18-25-32-39-47(40-41-48)42(4)33-26-23-24-31-38-46(50)52-44(35-28-20-16-13-10-7-2)36-29-21-17-14-11-8-3/h42-44,48H,6-41H2,1-5H3. The van der Waals surface area contributed by atoms with Gasteiger partial charge >= 0.3 is 11.9 Å². The molecule has 0 heterocycles. The van der Waals surface area contributed by atoms with Crippen LogP contribution in [0.5, 0.6) is 0 Å². The minimum atomic E-state index is -0.0346. The van der Waals surface area contributed by atoms with E-state index in [0.717, 1.165) is 103 Å². The quantitative estimate of drug-likeness (QED) is 0.0497. The first-order chi connectivity index (χ1) is 25.4. The predicted molar refractivity (Wildman–Crippen MR) is 223 cm³/mol. The van der Waals surface area contributed by atoms with Gasteiger partial charge in [0.1, 0.15) is 6.10 Å². The highest BCUT2D eigenvalue weighted by Gasteiger charge is 2.16. The van der Waals surface area contributed by atoms with E-state index >= 15 is 0 Å². The van der Waals surface area contributed by atoms with E-state index in [0.29, 0.717) is 18.9 Å². The Morgan fingerprint density at radius 2 is 0.846 bits per heavy atom. The van der Waals surface area contributed by atoms with Crippen LogP contribution < -0.4 is 0 Å². The molecular formula is C46H91NO5. The molecule has 0 saturated carbocycles. The van der Waals surface area contributed by atoms with Crippen LogP contribution in [0.1, 0.15) is 247 Å². The van der Waals surface area contributed by atoms with E-state index in [1.165, 1.54) is 109 Å². The molecule has 2 unspecified atom stereocenters. The van der Waals surface area contributed by atoms with E-state index in [4.69, 9.17) is 9.47 Å². The Labute approximate surface area is 324 Å². The topological polar surface area (TPSA) is 76.1 Å². The molecule has 0 spiro atoms. The Hall–Kier alpha value is -1.14. The fourth-order valence-electron chi connectivity index (χ4n) is 7.41. The second kappa shape index (κ2) is 39.6. The van der Waals surface area contributed by atoms with Gasteiger partial charge in [-0.3, -0.25) is 14.5 Å². The van der Waals surface area contributed by atoms with Gasteiger partial charge in [-0.15, -0.1) is 0 Å². The number of aliphatic hydroxyl groups is 1. The molecule has 2 atom stereocenters. The summed E-state index contributed by atoms with van der Waals surface area (Å²) in [6.07, 6.45) is 38.1. The van der Waals surface area contributed by atoms with Crippen LogP contribution in [0.4, 0.5) is 0 Å². The number of hydrogen-bond acceptors (Lipinski definition) is 6. The number of nitrogens with zero attached hydrogens (tertiary/aromatic N) is 1. The molecule has 0 radical (unpaired) electrons. The van der Waals surface area contributed by atoms with Crippen LogP contribution in [0, 0.1) is 0 Å². The highest BCUT2D eigenvalue weighted by atomic mass is 16.5. The van der Waals surface area contributed by atoms with Gasteiger partial charge in [0.25, 0.3) is 0 Å². The van der Waals surface area contributed by atoms with Gasteiger partial charge in [-0.05, 0) is 84.6 Å². The van der Waals surface area contributed by atoms with Crippen molar-refractivity contribution in [2.24, 2.45) is 0 Å². The molecule has 0 aliphatic heterocycles. The third-order valence-electron chi connectivity index (χ3n) is 10.9. The summed E-state index contributed by atoms with van der Waals surface area (Å²) >= 11 is 0. The van der Waals surface area contributed by atoms with E-state index in [2.05, 4.69) is 32.6 Å². The first-order valence-electron chi connectivity index (χ1n) is 23.1. The molecule has 6 nitrogen and oxygen atoms in total. The molecular weight excluding hydrogens is 647 g/mol. The minimum absolute atomic E-state index is 0.0118. The van der Waals surface area contributed by atoms with Crippen LogP contribution >= 0.6 is 0 Å². The average Bonchev–Trinajstić information content (AvgIpc) is 3.12. The molecule has 6 heteroatoms. The van der Waals surface area contributed by atoms with Gasteiger partial charge < -0.3 is 14.6 Å². The SMILES string of the molecule is CCCCCCCCC(C)OC(=O)CCCCCCCN(CCO)C(C)CCCCCCC(=O)OC(CCCCCCCC)CCCCCCCC. The van der Waals surface area contributed by atoms with Gasteiger partial charge in [0.15, 0.2) is 0 Å². The molecule has 1 N–H and O–H groups in total. The number of aliphatic hydroxyl groups excluding tert-OH is 1. The normalized spacial score (nSPS) is 12.8. The number of rotatable bonds is 41. The van der Waals surface area contributed by atoms with Crippen LogP contribution in [-0.2, 0) is 19.1 Å². The zero-order valence-corrected chi connectivity index (χ0v) is 35.7. The molecule has 0 saturated heterocycles. The maximum Gasteiger partial charge on any atom is 0.306 e. The number of carbonyl (C=O) groups is 2. The van der Waals surface area contributed by atoms with Gasteiger partial charge in [0.05, 0.1) is 12.7 Å². The van der Waals surface area contributed by atoms with Gasteiger partial charge in [-0.2, -0.15) is 0 Å². The van der Waals surface area contributed by atoms with Crippen LogP contribution in [0.2, 0.25) is 0 Å². The van der Waals surface area contributed by atoms with Crippen molar-refractivity contribution in [2.75, 3.05) is 19.7 Å². The van der Waals surface area contributed by atoms with Crippen molar-refractivity contribution < 1.29 is 24.2 Å². The first kappa shape index (κ1) is 50.9. The Morgan fingerprint density at radius 1 is 0.462 bits per heavy atom. The van der Waals surface area contributed by atoms with E-state index < -0.39 is 0 Å². The van der Waals surface area contributed by atoms with Crippen molar-refractivity contribution in [1.29, 1.82) is 0 Å². The summed E-state index contributed by atoms with van der Waals surface area (Å²) in [4.78, 5) is 27.4. The van der Waals surface area contributed by atoms with Crippen LogP contribution in [0.25, 0.3) is 0 Å². The maximum atomic E-state index is 12.7. The Bertz CT molecular complexity index is 745. The highest BCUT2D eigenvalue weighted by molar-refractivity contribution is 5.69. The van der Waals surface area contributed by atoms with Crippen LogP contribution in [0.3, 0.4) is 0 Å². The summed E-state index contributed by atoms with van der Waals surface area (Å²) in [5.74, 6) is -0.0228. The fourth-order valence-corrected chi connectivity index (χ4v) is 7.41. The maximum absolute atomic E-state index is 12.7. The lowest BCUT2D eigenvalue weighted by Crippen LogP contribution is -2.36. The van der Waals surface area contributed by atoms with Crippen molar-refractivity contribution in [3.8, 4) is 0 Å². The van der Waals surface area contributed by atoms with E-state index in [9.17, 15) is 14.7 Å². The van der Waals surface area contributed by atoms with Crippen molar-refractivity contribution >= 4 is 11.9 Å². The molecule has 0 bridgehead atoms. The van der Waals surface area contributed by atoms with Gasteiger partial charge in [-0.25, -0.2) is 0 Å². The molecule has 0 rings (SSSR count). The Morgan fingerprint density at radius 3 is 1.33 bits per heavy atom. The molecule has 0 aliphatic rings. The smallest absolute Gasteiger partial charge is 0.306 e. The third kappa shape index (κ3) is 34.6. The largest absolute Gasteiger partial charge is 0.463 e. The van der Waals surface area contributed by atoms with Crippen molar-refractivity contribution in [2.45, 2.75) is 265 Å². The van der Waals surface area contributed by atoms with Crippen LogP contribution in [0.15, 0.2) is 0 Å². The average molecular weight is 738 g/mol. The zero-order chi connectivity index (χ0) is 38.3. The molecule has 310 valence electrons. The molecule has 0 fully saturated rings. The summed E-state index contributed by atoms with van der Waals surface area (Å²) in [7, 11) is 0. The molecule has 0 aromatic heterocycles. The third-order valence-corrected chi connectivity index (χ3v) is 10.9. The highest BCUT2D eigenvalue weighted by Crippen LogP contribution is 2.19.